The summed E-state index contributed by atoms with van der Waals surface area (Å²) in [6.07, 6.45) is 1.38. The molecule has 0 aromatic heterocycles. The molecule has 0 radical (unpaired) electrons. The first kappa shape index (κ1) is 31.7. The molecule has 8 nitrogen and oxygen atoms in total. The average Bonchev–Trinajstić information content (AvgIpc) is 3.01. The van der Waals surface area contributed by atoms with Crippen LogP contribution in [0.15, 0.2) is 84.9 Å². The molecule has 0 aliphatic carbocycles. The molecule has 0 fully saturated rings. The zero-order valence-electron chi connectivity index (χ0n) is 24.7. The van der Waals surface area contributed by atoms with Crippen LogP contribution in [0.25, 0.3) is 22.3 Å². The van der Waals surface area contributed by atoms with Gasteiger partial charge in [-0.2, -0.15) is 0 Å². The van der Waals surface area contributed by atoms with E-state index < -0.39 is 11.9 Å². The monoisotopic (exact) mass is 594 g/mol. The van der Waals surface area contributed by atoms with Gasteiger partial charge in [0.1, 0.15) is 11.5 Å². The van der Waals surface area contributed by atoms with E-state index in [1.54, 1.807) is 87.0 Å². The number of carbonyl (C=O) groups excluding carboxylic acids is 2. The van der Waals surface area contributed by atoms with Crippen molar-refractivity contribution in [1.29, 1.82) is 0 Å². The molecule has 4 aromatic rings. The highest BCUT2D eigenvalue weighted by atomic mass is 16.5. The van der Waals surface area contributed by atoms with Gasteiger partial charge in [0.15, 0.2) is 11.6 Å². The first-order chi connectivity index (χ1) is 21.2. The van der Waals surface area contributed by atoms with Crippen LogP contribution in [0.3, 0.4) is 0 Å². The maximum absolute atomic E-state index is 13.1. The Labute approximate surface area is 255 Å². The first-order valence-corrected chi connectivity index (χ1v) is 14.2. The molecule has 0 atom stereocenters. The van der Waals surface area contributed by atoms with Crippen molar-refractivity contribution < 1.29 is 38.9 Å². The van der Waals surface area contributed by atoms with Gasteiger partial charge in [-0.25, -0.2) is 0 Å². The standard InChI is InChI=1S/C36H34O8/c1-43-33-15-13-27(21-29(33)25-9-5-7-23(17-25)19-35(39)40)31(37)11-3-4-12-32(38)28-14-16-34(44-2)30(22-28)26-10-6-8-24(18-26)20-36(41)42/h5-10,13-18,21-22H,3-4,11-12,19-20H2,1-2H3,(H,39,40)(H,41,42). The molecule has 0 aliphatic rings. The Morgan fingerprint density at radius 3 is 1.34 bits per heavy atom. The van der Waals surface area contributed by atoms with Crippen LogP contribution in [0.1, 0.15) is 57.5 Å². The van der Waals surface area contributed by atoms with E-state index in [9.17, 15) is 19.2 Å². The fourth-order valence-electron chi connectivity index (χ4n) is 5.12. The number of carboxylic acids is 2. The van der Waals surface area contributed by atoms with E-state index >= 15 is 0 Å². The van der Waals surface area contributed by atoms with E-state index in [0.29, 0.717) is 57.7 Å². The van der Waals surface area contributed by atoms with Crippen molar-refractivity contribution in [3.05, 3.63) is 107 Å². The number of carboxylic acid groups (broad SMARTS) is 2. The summed E-state index contributed by atoms with van der Waals surface area (Å²) in [6, 6.07) is 24.7. The van der Waals surface area contributed by atoms with Gasteiger partial charge in [-0.1, -0.05) is 48.5 Å². The topological polar surface area (TPSA) is 127 Å². The summed E-state index contributed by atoms with van der Waals surface area (Å²) < 4.78 is 11.0. The smallest absolute Gasteiger partial charge is 0.307 e. The van der Waals surface area contributed by atoms with Gasteiger partial charge < -0.3 is 19.7 Å². The van der Waals surface area contributed by atoms with Crippen LogP contribution in [0.5, 0.6) is 11.5 Å². The number of methoxy groups -OCH3 is 2. The molecular weight excluding hydrogens is 560 g/mol. The minimum Gasteiger partial charge on any atom is -0.496 e. The maximum Gasteiger partial charge on any atom is 0.307 e. The van der Waals surface area contributed by atoms with Crippen molar-refractivity contribution in [3.63, 3.8) is 0 Å². The van der Waals surface area contributed by atoms with Gasteiger partial charge in [0, 0.05) is 35.1 Å². The third-order valence-corrected chi connectivity index (χ3v) is 7.29. The van der Waals surface area contributed by atoms with Crippen molar-refractivity contribution in [1.82, 2.24) is 0 Å². The molecule has 0 bridgehead atoms. The summed E-state index contributed by atoms with van der Waals surface area (Å²) in [6.45, 7) is 0. The van der Waals surface area contributed by atoms with Gasteiger partial charge in [-0.05, 0) is 71.5 Å². The Morgan fingerprint density at radius 1 is 0.568 bits per heavy atom. The maximum atomic E-state index is 13.1. The van der Waals surface area contributed by atoms with Crippen LogP contribution < -0.4 is 9.47 Å². The predicted molar refractivity (Wildman–Crippen MR) is 167 cm³/mol. The van der Waals surface area contributed by atoms with Crippen molar-refractivity contribution in [3.8, 4) is 33.8 Å². The quantitative estimate of drug-likeness (QED) is 0.112. The second-order valence-electron chi connectivity index (χ2n) is 10.4. The number of unbranched alkanes of at least 4 members (excludes halogenated alkanes) is 1. The lowest BCUT2D eigenvalue weighted by Crippen LogP contribution is -2.03. The Kier molecular flexibility index (Phi) is 10.6. The number of aliphatic carboxylic acids is 2. The minimum absolute atomic E-state index is 0.0592. The normalized spacial score (nSPS) is 10.7. The third kappa shape index (κ3) is 8.19. The van der Waals surface area contributed by atoms with Crippen LogP contribution in [-0.4, -0.2) is 47.9 Å². The van der Waals surface area contributed by atoms with Gasteiger partial charge in [-0.3, -0.25) is 19.2 Å². The second kappa shape index (κ2) is 14.8. The Hall–Kier alpha value is -5.24. The molecular formula is C36H34O8. The van der Waals surface area contributed by atoms with E-state index in [1.165, 1.54) is 0 Å². The predicted octanol–water partition coefficient (Wildman–Crippen LogP) is 6.92. The molecule has 0 spiro atoms. The Balaban J connectivity index is 1.40. The number of ether oxygens (including phenoxy) is 2. The Bertz CT molecular complexity index is 1560. The van der Waals surface area contributed by atoms with E-state index in [0.717, 1.165) is 11.1 Å². The van der Waals surface area contributed by atoms with E-state index in [-0.39, 0.29) is 37.2 Å². The lowest BCUT2D eigenvalue weighted by Gasteiger charge is -2.12. The van der Waals surface area contributed by atoms with Crippen LogP contribution in [0, 0.1) is 0 Å². The van der Waals surface area contributed by atoms with E-state index in [2.05, 4.69) is 0 Å². The Morgan fingerprint density at radius 2 is 0.977 bits per heavy atom. The number of hydrogen-bond acceptors (Lipinski definition) is 6. The summed E-state index contributed by atoms with van der Waals surface area (Å²) in [7, 11) is 3.08. The summed E-state index contributed by atoms with van der Waals surface area (Å²) in [5.41, 5.74) is 5.24. The third-order valence-electron chi connectivity index (χ3n) is 7.29. The van der Waals surface area contributed by atoms with Crippen molar-refractivity contribution in [2.75, 3.05) is 14.2 Å². The van der Waals surface area contributed by atoms with Crippen molar-refractivity contribution in [2.24, 2.45) is 0 Å². The summed E-state index contributed by atoms with van der Waals surface area (Å²) in [5, 5.41) is 18.3. The molecule has 0 unspecified atom stereocenters. The molecule has 8 heteroatoms. The highest BCUT2D eigenvalue weighted by Gasteiger charge is 2.15. The highest BCUT2D eigenvalue weighted by molar-refractivity contribution is 5.99. The van der Waals surface area contributed by atoms with E-state index in [1.807, 2.05) is 12.1 Å². The molecule has 4 aromatic carbocycles. The number of benzene rings is 4. The average molecular weight is 595 g/mol. The lowest BCUT2D eigenvalue weighted by atomic mass is 9.95. The number of carbonyl (C=O) groups is 4. The number of hydrogen-bond donors (Lipinski definition) is 2. The fourth-order valence-corrected chi connectivity index (χ4v) is 5.12. The van der Waals surface area contributed by atoms with Crippen molar-refractivity contribution in [2.45, 2.75) is 38.5 Å². The molecule has 44 heavy (non-hydrogen) atoms. The van der Waals surface area contributed by atoms with Gasteiger partial charge in [0.05, 0.1) is 27.1 Å². The lowest BCUT2D eigenvalue weighted by molar-refractivity contribution is -0.137. The molecule has 0 heterocycles. The molecule has 0 aliphatic heterocycles. The number of ketones is 2. The summed E-state index contributed by atoms with van der Waals surface area (Å²) in [5.74, 6) is -0.815. The summed E-state index contributed by atoms with van der Waals surface area (Å²) >= 11 is 0. The largest absolute Gasteiger partial charge is 0.496 e. The van der Waals surface area contributed by atoms with Crippen LogP contribution in [-0.2, 0) is 22.4 Å². The molecule has 0 amide bonds. The minimum atomic E-state index is -0.924. The SMILES string of the molecule is COc1ccc(C(=O)CCCCC(=O)c2ccc(OC)c(-c3cccc(CC(=O)O)c3)c2)cc1-c1cccc(CC(=O)O)c1. The van der Waals surface area contributed by atoms with Gasteiger partial charge in [-0.15, -0.1) is 0 Å². The number of rotatable bonds is 15. The first-order valence-electron chi connectivity index (χ1n) is 14.2. The molecule has 0 saturated heterocycles. The van der Waals surface area contributed by atoms with Crippen molar-refractivity contribution >= 4 is 23.5 Å². The molecule has 0 saturated carbocycles. The van der Waals surface area contributed by atoms with E-state index in [4.69, 9.17) is 19.7 Å². The molecule has 226 valence electrons. The van der Waals surface area contributed by atoms with Crippen LogP contribution >= 0.6 is 0 Å². The zero-order valence-corrected chi connectivity index (χ0v) is 24.7. The number of Topliss-reactive ketones (excluding diaryl/α,β-unsaturated/α-hetero) is 2. The summed E-state index contributed by atoms with van der Waals surface area (Å²) in [4.78, 5) is 48.5. The zero-order chi connectivity index (χ0) is 31.6. The van der Waals surface area contributed by atoms with Gasteiger partial charge >= 0.3 is 11.9 Å². The van der Waals surface area contributed by atoms with Crippen LogP contribution in [0.2, 0.25) is 0 Å². The highest BCUT2D eigenvalue weighted by Crippen LogP contribution is 2.33. The fraction of sp³-hybridized carbons (Fsp3) is 0.222. The molecule has 4 rings (SSSR count). The second-order valence-corrected chi connectivity index (χ2v) is 10.4. The van der Waals surface area contributed by atoms with Gasteiger partial charge in [0.2, 0.25) is 0 Å². The van der Waals surface area contributed by atoms with Crippen LogP contribution in [0.4, 0.5) is 0 Å². The molecule has 2 N–H and O–H groups in total. The van der Waals surface area contributed by atoms with Gasteiger partial charge in [0.25, 0.3) is 0 Å².